The molecule has 4 aromatic rings. The molecule has 12 heteroatoms. The SMILES string of the molecule is Nc1c(Cl)cc(-c2csc(N3CCCC3c3nc4cc(Cl)c(N5CCCCC5)cc4n3CCOCCO)n2)cc1Cl. The van der Waals surface area contributed by atoms with E-state index in [4.69, 9.17) is 55.2 Å². The number of halogens is 3. The van der Waals surface area contributed by atoms with Crippen LogP contribution in [0.2, 0.25) is 15.1 Å². The molecule has 0 spiro atoms. The van der Waals surface area contributed by atoms with Gasteiger partial charge >= 0.3 is 0 Å². The predicted molar refractivity (Wildman–Crippen MR) is 170 cm³/mol. The van der Waals surface area contributed by atoms with Crippen LogP contribution in [0.3, 0.4) is 0 Å². The summed E-state index contributed by atoms with van der Waals surface area (Å²) < 4.78 is 7.97. The molecule has 6 rings (SSSR count). The number of benzene rings is 2. The van der Waals surface area contributed by atoms with Crippen LogP contribution >= 0.6 is 46.1 Å². The molecular weight excluding hydrogens is 603 g/mol. The van der Waals surface area contributed by atoms with E-state index < -0.39 is 0 Å². The summed E-state index contributed by atoms with van der Waals surface area (Å²) in [5.41, 5.74) is 11.0. The maximum atomic E-state index is 9.22. The second-order valence-corrected chi connectivity index (χ2v) is 12.6. The van der Waals surface area contributed by atoms with Crippen LogP contribution in [0, 0.1) is 0 Å². The van der Waals surface area contributed by atoms with Crippen molar-refractivity contribution < 1.29 is 9.84 Å². The number of aromatic nitrogens is 3. The fourth-order valence-electron chi connectivity index (χ4n) is 5.87. The van der Waals surface area contributed by atoms with Gasteiger partial charge in [-0.15, -0.1) is 11.3 Å². The van der Waals surface area contributed by atoms with Gasteiger partial charge in [0.2, 0.25) is 0 Å². The van der Waals surface area contributed by atoms with Gasteiger partial charge in [-0.05, 0) is 56.4 Å². The van der Waals surface area contributed by atoms with E-state index >= 15 is 0 Å². The van der Waals surface area contributed by atoms with Crippen molar-refractivity contribution in [3.8, 4) is 11.3 Å². The van der Waals surface area contributed by atoms with Crippen LogP contribution in [0.1, 0.15) is 44.0 Å². The molecule has 0 bridgehead atoms. The molecule has 0 amide bonds. The number of nitrogens with zero attached hydrogens (tertiary/aromatic N) is 5. The lowest BCUT2D eigenvalue weighted by Gasteiger charge is -2.29. The zero-order valence-corrected chi connectivity index (χ0v) is 25.7. The lowest BCUT2D eigenvalue weighted by Crippen LogP contribution is -2.29. The zero-order chi connectivity index (χ0) is 28.5. The zero-order valence-electron chi connectivity index (χ0n) is 22.7. The Bertz CT molecular complexity index is 1510. The Balaban J connectivity index is 1.36. The number of nitrogens with two attached hydrogens (primary N) is 1. The Morgan fingerprint density at radius 1 is 0.951 bits per heavy atom. The predicted octanol–water partition coefficient (Wildman–Crippen LogP) is 7.04. The van der Waals surface area contributed by atoms with Crippen molar-refractivity contribution in [3.05, 3.63) is 50.5 Å². The molecule has 0 saturated carbocycles. The van der Waals surface area contributed by atoms with Crippen LogP contribution < -0.4 is 15.5 Å². The summed E-state index contributed by atoms with van der Waals surface area (Å²) in [6.45, 7) is 4.32. The third-order valence-corrected chi connectivity index (χ3v) is 9.71. The van der Waals surface area contributed by atoms with Crippen LogP contribution in [-0.2, 0) is 11.3 Å². The van der Waals surface area contributed by atoms with Gasteiger partial charge in [-0.3, -0.25) is 0 Å². The fraction of sp³-hybridized carbons (Fsp3) is 0.448. The van der Waals surface area contributed by atoms with Crippen molar-refractivity contribution in [2.75, 3.05) is 55.0 Å². The van der Waals surface area contributed by atoms with E-state index in [2.05, 4.69) is 20.4 Å². The van der Waals surface area contributed by atoms with Crippen molar-refractivity contribution >= 4 is 73.7 Å². The summed E-state index contributed by atoms with van der Waals surface area (Å²) in [6, 6.07) is 7.86. The summed E-state index contributed by atoms with van der Waals surface area (Å²) >= 11 is 21.0. The molecule has 8 nitrogen and oxygen atoms in total. The molecule has 41 heavy (non-hydrogen) atoms. The number of aliphatic hydroxyl groups is 1. The number of imidazole rings is 1. The maximum Gasteiger partial charge on any atom is 0.186 e. The average molecular weight is 636 g/mol. The Hall–Kier alpha value is -2.27. The molecule has 0 radical (unpaired) electrons. The Morgan fingerprint density at radius 3 is 2.49 bits per heavy atom. The first-order chi connectivity index (χ1) is 19.9. The van der Waals surface area contributed by atoms with E-state index in [0.717, 1.165) is 76.4 Å². The molecular formula is C29H33Cl3N6O2S. The monoisotopic (exact) mass is 634 g/mol. The number of anilines is 3. The van der Waals surface area contributed by atoms with Crippen LogP contribution in [-0.4, -0.2) is 59.1 Å². The quantitative estimate of drug-likeness (QED) is 0.151. The highest BCUT2D eigenvalue weighted by atomic mass is 35.5. The minimum Gasteiger partial charge on any atom is -0.396 e. The number of fused-ring (bicyclic) bond motifs is 1. The molecule has 0 aliphatic carbocycles. The van der Waals surface area contributed by atoms with Crippen molar-refractivity contribution in [2.24, 2.45) is 0 Å². The van der Waals surface area contributed by atoms with E-state index in [1.807, 2.05) is 11.4 Å². The molecule has 218 valence electrons. The molecule has 2 aromatic carbocycles. The van der Waals surface area contributed by atoms with Gasteiger partial charge < -0.3 is 29.9 Å². The number of thiazole rings is 1. The molecule has 1 atom stereocenters. The van der Waals surface area contributed by atoms with Gasteiger partial charge in [-0.2, -0.15) is 0 Å². The molecule has 2 aliphatic rings. The largest absolute Gasteiger partial charge is 0.396 e. The fourth-order valence-corrected chi connectivity index (χ4v) is 7.54. The Morgan fingerprint density at radius 2 is 1.73 bits per heavy atom. The Kier molecular flexibility index (Phi) is 8.81. The van der Waals surface area contributed by atoms with E-state index in [0.29, 0.717) is 35.5 Å². The van der Waals surface area contributed by atoms with Gasteiger partial charge in [-0.25, -0.2) is 9.97 Å². The smallest absolute Gasteiger partial charge is 0.186 e. The molecule has 2 fully saturated rings. The molecule has 2 saturated heterocycles. The third kappa shape index (κ3) is 5.85. The van der Waals surface area contributed by atoms with Crippen molar-refractivity contribution in [3.63, 3.8) is 0 Å². The van der Waals surface area contributed by atoms with Gasteiger partial charge in [0.15, 0.2) is 5.13 Å². The molecule has 2 aromatic heterocycles. The van der Waals surface area contributed by atoms with Crippen molar-refractivity contribution in [1.82, 2.24) is 14.5 Å². The van der Waals surface area contributed by atoms with E-state index in [1.54, 1.807) is 23.5 Å². The van der Waals surface area contributed by atoms with Gasteiger partial charge in [-0.1, -0.05) is 34.8 Å². The van der Waals surface area contributed by atoms with Gasteiger partial charge in [0, 0.05) is 37.1 Å². The number of rotatable bonds is 9. The maximum absolute atomic E-state index is 9.22. The number of hydrogen-bond donors (Lipinski definition) is 2. The number of ether oxygens (including phenoxy) is 1. The number of piperidine rings is 1. The summed E-state index contributed by atoms with van der Waals surface area (Å²) in [7, 11) is 0. The highest BCUT2D eigenvalue weighted by molar-refractivity contribution is 7.14. The van der Waals surface area contributed by atoms with E-state index in [9.17, 15) is 5.11 Å². The lowest BCUT2D eigenvalue weighted by atomic mass is 10.1. The van der Waals surface area contributed by atoms with Gasteiger partial charge in [0.25, 0.3) is 0 Å². The summed E-state index contributed by atoms with van der Waals surface area (Å²) in [6.07, 6.45) is 5.60. The second kappa shape index (κ2) is 12.5. The first kappa shape index (κ1) is 28.8. The van der Waals surface area contributed by atoms with E-state index in [1.165, 1.54) is 19.3 Å². The molecule has 4 heterocycles. The lowest BCUT2D eigenvalue weighted by molar-refractivity contribution is 0.0870. The van der Waals surface area contributed by atoms with Crippen molar-refractivity contribution in [1.29, 1.82) is 0 Å². The van der Waals surface area contributed by atoms with Crippen LogP contribution in [0.25, 0.3) is 22.3 Å². The minimum absolute atomic E-state index is 0.000532. The normalized spacial score (nSPS) is 17.7. The molecule has 3 N–H and O–H groups in total. The summed E-state index contributed by atoms with van der Waals surface area (Å²) in [4.78, 5) is 14.9. The number of nitrogen functional groups attached to an aromatic ring is 1. The second-order valence-electron chi connectivity index (χ2n) is 10.5. The third-order valence-electron chi connectivity index (χ3n) is 7.90. The van der Waals surface area contributed by atoms with E-state index in [-0.39, 0.29) is 12.6 Å². The summed E-state index contributed by atoms with van der Waals surface area (Å²) in [5, 5.41) is 13.7. The van der Waals surface area contributed by atoms with Gasteiger partial charge in [0.1, 0.15) is 5.82 Å². The van der Waals surface area contributed by atoms with Crippen LogP contribution in [0.4, 0.5) is 16.5 Å². The molecule has 2 aliphatic heterocycles. The number of aliphatic hydroxyl groups excluding tert-OH is 1. The highest BCUT2D eigenvalue weighted by Crippen LogP contribution is 2.42. The highest BCUT2D eigenvalue weighted by Gasteiger charge is 2.33. The average Bonchev–Trinajstić information content (AvgIpc) is 3.72. The Labute approximate surface area is 258 Å². The van der Waals surface area contributed by atoms with Crippen LogP contribution in [0.5, 0.6) is 0 Å². The molecule has 1 unspecified atom stereocenters. The topological polar surface area (TPSA) is 92.7 Å². The van der Waals surface area contributed by atoms with Gasteiger partial charge in [0.05, 0.1) is 69.0 Å². The minimum atomic E-state index is -0.000532. The van der Waals surface area contributed by atoms with Crippen LogP contribution in [0.15, 0.2) is 29.6 Å². The number of hydrogen-bond acceptors (Lipinski definition) is 8. The standard InChI is InChI=1S/C29H33Cl3N6O2S/c30-19-15-22-26(16-25(19)36-6-2-1-3-7-36)37(9-11-40-12-10-39)28(34-22)24-5-4-8-38(24)29-35-23(17-41-29)18-13-20(31)27(33)21(32)14-18/h13-17,24,39H,1-12,33H2. The summed E-state index contributed by atoms with van der Waals surface area (Å²) in [5.74, 6) is 0.979. The van der Waals surface area contributed by atoms with Crippen molar-refractivity contribution in [2.45, 2.75) is 44.7 Å². The first-order valence-corrected chi connectivity index (χ1v) is 16.1. The first-order valence-electron chi connectivity index (χ1n) is 14.0.